The first-order valence-corrected chi connectivity index (χ1v) is 10.3. The van der Waals surface area contributed by atoms with Crippen LogP contribution in [0.3, 0.4) is 0 Å². The zero-order valence-electron chi connectivity index (χ0n) is 17.1. The molecule has 2 aliphatic rings. The van der Waals surface area contributed by atoms with Gasteiger partial charge in [0.1, 0.15) is 23.2 Å². The predicted octanol–water partition coefficient (Wildman–Crippen LogP) is 0.522. The van der Waals surface area contributed by atoms with Crippen LogP contribution in [0.2, 0.25) is 6.32 Å². The quantitative estimate of drug-likeness (QED) is 0.510. The van der Waals surface area contributed by atoms with Gasteiger partial charge in [-0.05, 0) is 31.4 Å². The Morgan fingerprint density at radius 2 is 2.23 bits per heavy atom. The van der Waals surface area contributed by atoms with Gasteiger partial charge in [-0.15, -0.1) is 0 Å². The molecule has 30 heavy (non-hydrogen) atoms. The third-order valence-electron chi connectivity index (χ3n) is 5.54. The lowest BCUT2D eigenvalue weighted by molar-refractivity contribution is 0.0168. The van der Waals surface area contributed by atoms with Crippen molar-refractivity contribution in [3.8, 4) is 11.5 Å². The Morgan fingerprint density at radius 1 is 1.40 bits per heavy atom. The van der Waals surface area contributed by atoms with Crippen LogP contribution < -0.4 is 14.7 Å². The second-order valence-corrected chi connectivity index (χ2v) is 7.80. The van der Waals surface area contributed by atoms with E-state index in [4.69, 9.17) is 9.39 Å². The number of carbonyl (C=O) groups is 1. The molecule has 1 fully saturated rings. The van der Waals surface area contributed by atoms with E-state index in [-0.39, 0.29) is 17.4 Å². The highest BCUT2D eigenvalue weighted by molar-refractivity contribution is 6.44. The first-order valence-electron chi connectivity index (χ1n) is 10.3. The highest BCUT2D eigenvalue weighted by atomic mass is 16.5. The minimum Gasteiger partial charge on any atom is -0.535 e. The Balaban J connectivity index is 1.30. The maximum absolute atomic E-state index is 11.8. The molecular weight excluding hydrogens is 387 g/mol. The average Bonchev–Trinajstić information content (AvgIpc) is 3.14. The van der Waals surface area contributed by atoms with Gasteiger partial charge in [0.15, 0.2) is 0 Å². The van der Waals surface area contributed by atoms with Crippen LogP contribution in [0.15, 0.2) is 24.7 Å². The van der Waals surface area contributed by atoms with Gasteiger partial charge in [0.05, 0.1) is 12.0 Å². The number of likely N-dealkylation sites (N-methyl/N-ethyl adjacent to an activating group) is 1. The third kappa shape index (κ3) is 4.61. The molecular formula is C20H27BN4O5. The molecule has 0 saturated carbocycles. The molecule has 3 heterocycles. The topological polar surface area (TPSA) is 109 Å². The molecule has 0 bridgehead atoms. The summed E-state index contributed by atoms with van der Waals surface area (Å²) in [7, 11) is 0.950. The second-order valence-electron chi connectivity index (χ2n) is 7.80. The van der Waals surface area contributed by atoms with E-state index in [1.54, 1.807) is 6.07 Å². The molecule has 0 spiro atoms. The van der Waals surface area contributed by atoms with Crippen molar-refractivity contribution in [2.24, 2.45) is 0 Å². The Kier molecular flexibility index (Phi) is 6.26. The number of aromatic nitrogens is 2. The molecule has 1 aromatic heterocycles. The Morgan fingerprint density at radius 3 is 3.00 bits per heavy atom. The van der Waals surface area contributed by atoms with Crippen molar-refractivity contribution in [3.05, 3.63) is 41.5 Å². The lowest BCUT2D eigenvalue weighted by Crippen LogP contribution is -2.54. The van der Waals surface area contributed by atoms with Gasteiger partial charge in [-0.3, -0.25) is 4.90 Å². The normalized spacial score (nSPS) is 16.7. The van der Waals surface area contributed by atoms with Gasteiger partial charge in [0.25, 0.3) is 0 Å². The monoisotopic (exact) mass is 414 g/mol. The van der Waals surface area contributed by atoms with Crippen LogP contribution in [0.5, 0.6) is 11.5 Å². The number of benzene rings is 1. The van der Waals surface area contributed by atoms with E-state index in [9.17, 15) is 14.9 Å². The van der Waals surface area contributed by atoms with Crippen LogP contribution in [0.1, 0.15) is 21.6 Å². The number of imidazole rings is 1. The van der Waals surface area contributed by atoms with Crippen molar-refractivity contribution in [2.75, 3.05) is 33.2 Å². The van der Waals surface area contributed by atoms with Gasteiger partial charge < -0.3 is 29.4 Å². The molecule has 0 radical (unpaired) electrons. The fourth-order valence-corrected chi connectivity index (χ4v) is 3.84. The summed E-state index contributed by atoms with van der Waals surface area (Å²) in [5.74, 6) is -0.589. The maximum atomic E-state index is 11.8. The van der Waals surface area contributed by atoms with E-state index in [1.165, 1.54) is 0 Å². The van der Waals surface area contributed by atoms with E-state index in [2.05, 4.69) is 26.0 Å². The largest absolute Gasteiger partial charge is 0.535 e. The zero-order chi connectivity index (χ0) is 21.1. The fourth-order valence-electron chi connectivity index (χ4n) is 3.84. The number of likely N-dealkylation sites (tertiary alicyclic amines) is 1. The van der Waals surface area contributed by atoms with Crippen molar-refractivity contribution in [1.82, 2.24) is 19.8 Å². The fraction of sp³-hybridized carbons (Fsp3) is 0.500. The number of carboxylic acids is 1. The average molecular weight is 414 g/mol. The number of hydrogen-bond acceptors (Lipinski definition) is 7. The molecule has 4 rings (SSSR count). The summed E-state index contributed by atoms with van der Waals surface area (Å²) in [6, 6.07) is 3.52. The summed E-state index contributed by atoms with van der Waals surface area (Å²) < 4.78 is 13.5. The van der Waals surface area contributed by atoms with Gasteiger partial charge in [0.2, 0.25) is 0 Å². The zero-order valence-corrected chi connectivity index (χ0v) is 17.1. The van der Waals surface area contributed by atoms with Crippen molar-refractivity contribution >= 4 is 13.1 Å². The van der Waals surface area contributed by atoms with Crippen LogP contribution in [-0.2, 0) is 19.4 Å². The molecule has 0 unspecified atom stereocenters. The number of aromatic carboxylic acids is 1. The number of nitrogens with one attached hydrogen (secondary N) is 1. The minimum absolute atomic E-state index is 0.00258. The third-order valence-corrected chi connectivity index (χ3v) is 5.54. The molecule has 9 nitrogen and oxygen atoms in total. The van der Waals surface area contributed by atoms with Gasteiger partial charge in [-0.1, -0.05) is 6.07 Å². The Bertz CT molecular complexity index is 899. The highest BCUT2D eigenvalue weighted by Crippen LogP contribution is 2.37. The lowest BCUT2D eigenvalue weighted by atomic mass is 9.78. The molecule has 0 atom stereocenters. The molecule has 3 N–H and O–H groups in total. The van der Waals surface area contributed by atoms with Gasteiger partial charge in [0, 0.05) is 45.3 Å². The molecule has 2 aromatic rings. The summed E-state index contributed by atoms with van der Waals surface area (Å²) in [5, 5.41) is 22.5. The molecule has 160 valence electrons. The van der Waals surface area contributed by atoms with Crippen LogP contribution in [-0.4, -0.2) is 77.0 Å². The van der Waals surface area contributed by atoms with E-state index >= 15 is 0 Å². The van der Waals surface area contributed by atoms with Crippen LogP contribution in [0.4, 0.5) is 0 Å². The van der Waals surface area contributed by atoms with Crippen LogP contribution >= 0.6 is 0 Å². The Hall–Kier alpha value is -2.56. The van der Waals surface area contributed by atoms with Gasteiger partial charge in [-0.2, -0.15) is 0 Å². The summed E-state index contributed by atoms with van der Waals surface area (Å²) in [6.45, 7) is 4.12. The number of hydrogen-bond donors (Lipinski definition) is 3. The van der Waals surface area contributed by atoms with E-state index in [0.717, 1.165) is 50.4 Å². The molecule has 2 aliphatic heterocycles. The molecule has 0 amide bonds. The first kappa shape index (κ1) is 20.7. The minimum atomic E-state index is -1.11. The maximum Gasteiger partial charge on any atom is 0.522 e. The molecule has 1 saturated heterocycles. The van der Waals surface area contributed by atoms with E-state index in [0.29, 0.717) is 18.5 Å². The molecule has 0 aliphatic carbocycles. The molecule has 1 aromatic carbocycles. The summed E-state index contributed by atoms with van der Waals surface area (Å²) in [6.07, 6.45) is 5.82. The Labute approximate surface area is 175 Å². The number of fused-ring (bicyclic) bond motifs is 1. The van der Waals surface area contributed by atoms with Crippen molar-refractivity contribution in [3.63, 3.8) is 0 Å². The molecule has 10 heteroatoms. The summed E-state index contributed by atoms with van der Waals surface area (Å²) in [4.78, 5) is 18.5. The number of aryl methyl sites for hydroxylation is 1. The standard InChI is InChI=1S/C20H27BN4O5/c1-22-7-5-15-10-25(13-23-15)9-8-24-11-16(12-24)29-17-3-2-14-4-6-21(28)30-19(14)18(17)20(26)27/h2-3,10,13,16,22,28H,4-9,11-12H2,1H3,(H,26,27). The van der Waals surface area contributed by atoms with Gasteiger partial charge >= 0.3 is 13.1 Å². The first-order chi connectivity index (χ1) is 14.5. The number of carboxylic acid groups (broad SMARTS) is 1. The lowest BCUT2D eigenvalue weighted by Gasteiger charge is -2.39. The number of ether oxygens (including phenoxy) is 1. The van der Waals surface area contributed by atoms with Crippen LogP contribution in [0.25, 0.3) is 0 Å². The van der Waals surface area contributed by atoms with Crippen molar-refractivity contribution in [2.45, 2.75) is 31.8 Å². The summed E-state index contributed by atoms with van der Waals surface area (Å²) in [5.41, 5.74) is 1.86. The van der Waals surface area contributed by atoms with E-state index < -0.39 is 13.1 Å². The smallest absolute Gasteiger partial charge is 0.522 e. The second kappa shape index (κ2) is 9.07. The SMILES string of the molecule is CNCCc1cn(CCN2CC(Oc3ccc4c(c3C(=O)O)OB(O)CC4)C2)cn1. The van der Waals surface area contributed by atoms with Crippen molar-refractivity contribution < 1.29 is 24.3 Å². The number of rotatable bonds is 9. The van der Waals surface area contributed by atoms with Crippen molar-refractivity contribution in [1.29, 1.82) is 0 Å². The predicted molar refractivity (Wildman–Crippen MR) is 111 cm³/mol. The highest BCUT2D eigenvalue weighted by Gasteiger charge is 2.33. The van der Waals surface area contributed by atoms with Gasteiger partial charge in [-0.25, -0.2) is 9.78 Å². The number of nitrogens with zero attached hydrogens (tertiary/aromatic N) is 3. The summed E-state index contributed by atoms with van der Waals surface area (Å²) >= 11 is 0. The van der Waals surface area contributed by atoms with Crippen LogP contribution in [0, 0.1) is 0 Å². The van der Waals surface area contributed by atoms with E-state index in [1.807, 2.05) is 19.4 Å².